The van der Waals surface area contributed by atoms with Crippen LogP contribution in [0.4, 0.5) is 0 Å². The van der Waals surface area contributed by atoms with Crippen molar-refractivity contribution in [2.24, 2.45) is 16.6 Å². The average molecular weight is 154 g/mol. The first-order valence-electron chi connectivity index (χ1n) is 3.47. The van der Waals surface area contributed by atoms with E-state index in [0.717, 1.165) is 0 Å². The van der Waals surface area contributed by atoms with Gasteiger partial charge in [-0.1, -0.05) is 0 Å². The molecule has 11 heavy (non-hydrogen) atoms. The number of aliphatic imine (C=N–C) groups is 1. The second kappa shape index (κ2) is 4.66. The second-order valence-corrected chi connectivity index (χ2v) is 2.41. The predicted molar refractivity (Wildman–Crippen MR) is 46.5 cm³/mol. The maximum Gasteiger partial charge on any atom is 0.138 e. The summed E-state index contributed by atoms with van der Waals surface area (Å²) in [7, 11) is 1.65. The second-order valence-electron chi connectivity index (χ2n) is 2.41. The van der Waals surface area contributed by atoms with Crippen molar-refractivity contribution < 1.29 is 4.79 Å². The zero-order chi connectivity index (χ0) is 8.85. The van der Waals surface area contributed by atoms with Crippen molar-refractivity contribution in [2.45, 2.75) is 13.8 Å². The molecule has 62 valence electrons. The Labute approximate surface area is 67.0 Å². The molecule has 0 spiro atoms. The largest absolute Gasteiger partial charge is 0.401 e. The number of rotatable bonds is 3. The number of allylic oxidation sites excluding steroid dienone is 2. The Kier molecular flexibility index (Phi) is 4.18. The van der Waals surface area contributed by atoms with Crippen LogP contribution in [0.3, 0.4) is 0 Å². The third kappa shape index (κ3) is 3.55. The lowest BCUT2D eigenvalue weighted by Crippen LogP contribution is -2.15. The lowest BCUT2D eigenvalue weighted by atomic mass is 10.0. The van der Waals surface area contributed by atoms with Crippen LogP contribution in [-0.2, 0) is 4.79 Å². The maximum absolute atomic E-state index is 10.8. The van der Waals surface area contributed by atoms with Gasteiger partial charge in [-0.05, 0) is 19.9 Å². The Morgan fingerprint density at radius 3 is 2.55 bits per heavy atom. The van der Waals surface area contributed by atoms with Gasteiger partial charge in [-0.2, -0.15) is 0 Å². The molecule has 0 saturated carbocycles. The summed E-state index contributed by atoms with van der Waals surface area (Å²) >= 11 is 0. The van der Waals surface area contributed by atoms with E-state index in [2.05, 4.69) is 4.99 Å². The van der Waals surface area contributed by atoms with E-state index in [-0.39, 0.29) is 11.7 Å². The SMILES string of the molecule is CN=CC=C(N)C(C)C(C)=O. The van der Waals surface area contributed by atoms with Crippen molar-refractivity contribution in [3.63, 3.8) is 0 Å². The van der Waals surface area contributed by atoms with Gasteiger partial charge in [0.05, 0.1) is 5.92 Å². The number of ketones is 1. The van der Waals surface area contributed by atoms with Crippen LogP contribution in [0.5, 0.6) is 0 Å². The molecule has 3 heteroatoms. The van der Waals surface area contributed by atoms with E-state index in [0.29, 0.717) is 5.70 Å². The summed E-state index contributed by atoms with van der Waals surface area (Å²) in [5.74, 6) is -0.128. The van der Waals surface area contributed by atoms with E-state index in [1.807, 2.05) is 0 Å². The zero-order valence-electron chi connectivity index (χ0n) is 7.16. The van der Waals surface area contributed by atoms with E-state index in [1.54, 1.807) is 26.3 Å². The lowest BCUT2D eigenvalue weighted by molar-refractivity contribution is -0.119. The van der Waals surface area contributed by atoms with Crippen LogP contribution in [-0.4, -0.2) is 19.0 Å². The Hall–Kier alpha value is -1.12. The van der Waals surface area contributed by atoms with Gasteiger partial charge in [0, 0.05) is 19.0 Å². The summed E-state index contributed by atoms with van der Waals surface area (Å²) < 4.78 is 0. The molecule has 0 amide bonds. The molecule has 1 unspecified atom stereocenters. The molecule has 0 heterocycles. The van der Waals surface area contributed by atoms with E-state index in [9.17, 15) is 4.79 Å². The first-order valence-corrected chi connectivity index (χ1v) is 3.47. The van der Waals surface area contributed by atoms with Gasteiger partial charge in [0.25, 0.3) is 0 Å². The number of nitrogens with zero attached hydrogens (tertiary/aromatic N) is 1. The minimum Gasteiger partial charge on any atom is -0.401 e. The van der Waals surface area contributed by atoms with Crippen LogP contribution >= 0.6 is 0 Å². The molecule has 2 N–H and O–H groups in total. The molecule has 0 aromatic carbocycles. The normalized spacial score (nSPS) is 15.4. The van der Waals surface area contributed by atoms with Crippen molar-refractivity contribution in [3.8, 4) is 0 Å². The molecular formula is C8H14N2O. The molecule has 1 atom stereocenters. The van der Waals surface area contributed by atoms with Gasteiger partial charge in [0.2, 0.25) is 0 Å². The molecule has 0 aliphatic heterocycles. The van der Waals surface area contributed by atoms with Crippen LogP contribution in [0.1, 0.15) is 13.8 Å². The van der Waals surface area contributed by atoms with Gasteiger partial charge in [-0.3, -0.25) is 9.79 Å². The molecule has 0 rings (SSSR count). The summed E-state index contributed by atoms with van der Waals surface area (Å²) in [4.78, 5) is 14.5. The van der Waals surface area contributed by atoms with Crippen molar-refractivity contribution in [1.82, 2.24) is 0 Å². The lowest BCUT2D eigenvalue weighted by Gasteiger charge is -2.05. The number of Topliss-reactive ketones (excluding diaryl/α,β-unsaturated/α-hetero) is 1. The molecule has 0 radical (unpaired) electrons. The predicted octanol–water partition coefficient (Wildman–Crippen LogP) is 0.755. The van der Waals surface area contributed by atoms with Crippen molar-refractivity contribution >= 4 is 12.0 Å². The molecule has 0 fully saturated rings. The van der Waals surface area contributed by atoms with E-state index in [4.69, 9.17) is 5.73 Å². The fraction of sp³-hybridized carbons (Fsp3) is 0.500. The Balaban J connectivity index is 4.22. The highest BCUT2D eigenvalue weighted by Crippen LogP contribution is 2.03. The van der Waals surface area contributed by atoms with Crippen LogP contribution < -0.4 is 5.73 Å². The molecular weight excluding hydrogens is 140 g/mol. The fourth-order valence-corrected chi connectivity index (χ4v) is 0.540. The molecule has 3 nitrogen and oxygen atoms in total. The van der Waals surface area contributed by atoms with Gasteiger partial charge < -0.3 is 5.73 Å². The summed E-state index contributed by atoms with van der Waals surface area (Å²) in [5, 5.41) is 0. The molecule has 0 aliphatic carbocycles. The van der Waals surface area contributed by atoms with Crippen LogP contribution in [0.25, 0.3) is 0 Å². The van der Waals surface area contributed by atoms with Gasteiger partial charge in [0.15, 0.2) is 0 Å². The molecule has 0 aliphatic rings. The number of nitrogens with two attached hydrogens (primary N) is 1. The molecule has 0 aromatic heterocycles. The highest BCUT2D eigenvalue weighted by molar-refractivity contribution is 5.82. The van der Waals surface area contributed by atoms with Crippen molar-refractivity contribution in [3.05, 3.63) is 11.8 Å². The highest BCUT2D eigenvalue weighted by Gasteiger charge is 2.08. The van der Waals surface area contributed by atoms with Gasteiger partial charge in [-0.15, -0.1) is 0 Å². The zero-order valence-corrected chi connectivity index (χ0v) is 7.16. The van der Waals surface area contributed by atoms with E-state index in [1.165, 1.54) is 6.92 Å². The number of carbonyl (C=O) groups is 1. The van der Waals surface area contributed by atoms with Gasteiger partial charge in [-0.25, -0.2) is 0 Å². The summed E-state index contributed by atoms with van der Waals surface area (Å²) in [6.45, 7) is 3.30. The van der Waals surface area contributed by atoms with Gasteiger partial charge >= 0.3 is 0 Å². The fourth-order valence-electron chi connectivity index (χ4n) is 0.540. The van der Waals surface area contributed by atoms with Crippen LogP contribution in [0.2, 0.25) is 0 Å². The third-order valence-electron chi connectivity index (χ3n) is 1.53. The van der Waals surface area contributed by atoms with Gasteiger partial charge in [0.1, 0.15) is 5.78 Å². The Bertz CT molecular complexity index is 194. The smallest absolute Gasteiger partial charge is 0.138 e. The Morgan fingerprint density at radius 1 is 1.64 bits per heavy atom. The van der Waals surface area contributed by atoms with Crippen molar-refractivity contribution in [2.75, 3.05) is 7.05 Å². The number of hydrogen-bond donors (Lipinski definition) is 1. The topological polar surface area (TPSA) is 55.4 Å². The first kappa shape index (κ1) is 9.88. The number of carbonyl (C=O) groups excluding carboxylic acids is 1. The monoisotopic (exact) mass is 154 g/mol. The highest BCUT2D eigenvalue weighted by atomic mass is 16.1. The molecule has 0 aromatic rings. The summed E-state index contributed by atoms with van der Waals surface area (Å²) in [6, 6.07) is 0. The number of hydrogen-bond acceptors (Lipinski definition) is 3. The first-order chi connectivity index (χ1) is 5.09. The standard InChI is InChI=1S/C8H14N2O/c1-6(7(2)11)8(9)4-5-10-3/h4-6H,9H2,1-3H3. The summed E-state index contributed by atoms with van der Waals surface area (Å²) in [5.41, 5.74) is 6.11. The molecule has 0 saturated heterocycles. The van der Waals surface area contributed by atoms with E-state index < -0.39 is 0 Å². The minimum atomic E-state index is -0.201. The third-order valence-corrected chi connectivity index (χ3v) is 1.53. The molecule has 0 bridgehead atoms. The van der Waals surface area contributed by atoms with Crippen molar-refractivity contribution in [1.29, 1.82) is 0 Å². The Morgan fingerprint density at radius 2 is 2.18 bits per heavy atom. The quantitative estimate of drug-likeness (QED) is 0.610. The minimum absolute atomic E-state index is 0.0725. The maximum atomic E-state index is 10.8. The van der Waals surface area contributed by atoms with Crippen LogP contribution in [0, 0.1) is 5.92 Å². The average Bonchev–Trinajstić information content (AvgIpc) is 1.98. The van der Waals surface area contributed by atoms with Crippen LogP contribution in [0.15, 0.2) is 16.8 Å². The van der Waals surface area contributed by atoms with E-state index >= 15 is 0 Å². The summed E-state index contributed by atoms with van der Waals surface area (Å²) in [6.07, 6.45) is 3.22.